The molecular formula is C22H26N2O4. The average Bonchev–Trinajstić information content (AvgIpc) is 3.37. The van der Waals surface area contributed by atoms with Crippen LogP contribution in [0.4, 0.5) is 5.69 Å². The monoisotopic (exact) mass is 382 g/mol. The van der Waals surface area contributed by atoms with Gasteiger partial charge in [0.15, 0.2) is 0 Å². The maximum Gasteiger partial charge on any atom is 0.247 e. The van der Waals surface area contributed by atoms with E-state index < -0.39 is 0 Å². The molecule has 2 aromatic rings. The number of nitrogens with one attached hydrogen (secondary N) is 1. The van der Waals surface area contributed by atoms with Gasteiger partial charge in [0.2, 0.25) is 11.8 Å². The van der Waals surface area contributed by atoms with Gasteiger partial charge in [-0.25, -0.2) is 0 Å². The third-order valence-electron chi connectivity index (χ3n) is 4.91. The van der Waals surface area contributed by atoms with E-state index in [1.165, 1.54) is 11.0 Å². The molecule has 0 spiro atoms. The van der Waals surface area contributed by atoms with E-state index in [0.717, 1.165) is 29.7 Å². The highest BCUT2D eigenvalue weighted by molar-refractivity contribution is 5.98. The molecule has 1 atom stereocenters. The predicted octanol–water partition coefficient (Wildman–Crippen LogP) is 3.56. The summed E-state index contributed by atoms with van der Waals surface area (Å²) >= 11 is 0. The zero-order chi connectivity index (χ0) is 19.9. The number of rotatable bonds is 7. The topological polar surface area (TPSA) is 71.8 Å². The van der Waals surface area contributed by atoms with Crippen LogP contribution in [-0.4, -0.2) is 42.5 Å². The first-order valence-corrected chi connectivity index (χ1v) is 9.51. The lowest BCUT2D eigenvalue weighted by molar-refractivity contribution is -0.131. The first kappa shape index (κ1) is 19.9. The van der Waals surface area contributed by atoms with Crippen LogP contribution in [0.3, 0.4) is 0 Å². The van der Waals surface area contributed by atoms with Gasteiger partial charge in [-0.1, -0.05) is 12.1 Å². The molecule has 1 aliphatic heterocycles. The molecule has 0 unspecified atom stereocenters. The van der Waals surface area contributed by atoms with Crippen LogP contribution in [0.1, 0.15) is 29.7 Å². The van der Waals surface area contributed by atoms with E-state index in [1.807, 2.05) is 32.0 Å². The van der Waals surface area contributed by atoms with Crippen LogP contribution < -0.4 is 5.32 Å². The van der Waals surface area contributed by atoms with Crippen LogP contribution >= 0.6 is 0 Å². The molecule has 1 aliphatic rings. The van der Waals surface area contributed by atoms with Crippen molar-refractivity contribution in [3.05, 3.63) is 59.6 Å². The fourth-order valence-corrected chi connectivity index (χ4v) is 3.16. The Labute approximate surface area is 165 Å². The van der Waals surface area contributed by atoms with Gasteiger partial charge in [-0.05, 0) is 62.1 Å². The van der Waals surface area contributed by atoms with Crippen LogP contribution in [0.25, 0.3) is 6.08 Å². The zero-order valence-electron chi connectivity index (χ0n) is 16.3. The van der Waals surface area contributed by atoms with Crippen LogP contribution in [-0.2, 0) is 14.3 Å². The summed E-state index contributed by atoms with van der Waals surface area (Å²) in [5, 5.41) is 2.91. The van der Waals surface area contributed by atoms with Crippen LogP contribution in [0.2, 0.25) is 0 Å². The molecule has 3 rings (SSSR count). The lowest BCUT2D eigenvalue weighted by atomic mass is 10.1. The van der Waals surface area contributed by atoms with Crippen molar-refractivity contribution < 1.29 is 18.7 Å². The number of hydrogen-bond donors (Lipinski definition) is 1. The maximum absolute atomic E-state index is 12.7. The highest BCUT2D eigenvalue weighted by Gasteiger charge is 2.23. The van der Waals surface area contributed by atoms with E-state index in [4.69, 9.17) is 9.15 Å². The Morgan fingerprint density at radius 1 is 1.25 bits per heavy atom. The van der Waals surface area contributed by atoms with Crippen molar-refractivity contribution in [3.63, 3.8) is 0 Å². The number of amides is 2. The fraction of sp³-hybridized carbons (Fsp3) is 0.364. The smallest absolute Gasteiger partial charge is 0.247 e. The first-order chi connectivity index (χ1) is 13.5. The summed E-state index contributed by atoms with van der Waals surface area (Å²) < 4.78 is 10.9. The molecule has 28 heavy (non-hydrogen) atoms. The third kappa shape index (κ3) is 5.33. The summed E-state index contributed by atoms with van der Waals surface area (Å²) in [5.41, 5.74) is 2.89. The van der Waals surface area contributed by atoms with Gasteiger partial charge < -0.3 is 19.4 Å². The minimum atomic E-state index is -0.247. The van der Waals surface area contributed by atoms with Gasteiger partial charge in [-0.3, -0.25) is 9.59 Å². The van der Waals surface area contributed by atoms with E-state index in [1.54, 1.807) is 24.5 Å². The van der Waals surface area contributed by atoms with Gasteiger partial charge in [0.05, 0.1) is 12.4 Å². The zero-order valence-corrected chi connectivity index (χ0v) is 16.3. The Bertz CT molecular complexity index is 836. The Morgan fingerprint density at radius 2 is 2.11 bits per heavy atom. The minimum absolute atomic E-state index is 0.0329. The Balaban J connectivity index is 1.67. The number of ether oxygens (including phenoxy) is 1. The Morgan fingerprint density at radius 3 is 2.82 bits per heavy atom. The van der Waals surface area contributed by atoms with Crippen molar-refractivity contribution >= 4 is 23.6 Å². The number of anilines is 1. The van der Waals surface area contributed by atoms with Gasteiger partial charge >= 0.3 is 0 Å². The highest BCUT2D eigenvalue weighted by atomic mass is 16.5. The van der Waals surface area contributed by atoms with E-state index in [-0.39, 0.29) is 24.5 Å². The number of benzene rings is 1. The molecule has 1 aromatic carbocycles. The molecular weight excluding hydrogens is 356 g/mol. The molecule has 1 fully saturated rings. The first-order valence-electron chi connectivity index (χ1n) is 9.51. The second-order valence-electron chi connectivity index (χ2n) is 7.00. The molecule has 1 saturated heterocycles. The number of nitrogens with zero attached hydrogens (tertiary/aromatic N) is 1. The Hall–Kier alpha value is -2.86. The number of furan rings is 1. The molecule has 0 bridgehead atoms. The van der Waals surface area contributed by atoms with Crippen LogP contribution in [0.5, 0.6) is 0 Å². The second kappa shape index (κ2) is 9.37. The van der Waals surface area contributed by atoms with Crippen molar-refractivity contribution in [3.8, 4) is 0 Å². The largest absolute Gasteiger partial charge is 0.465 e. The maximum atomic E-state index is 12.7. The van der Waals surface area contributed by atoms with Gasteiger partial charge in [-0.15, -0.1) is 0 Å². The lowest BCUT2D eigenvalue weighted by Gasteiger charge is -2.24. The van der Waals surface area contributed by atoms with Gasteiger partial charge in [0, 0.05) is 24.9 Å². The third-order valence-corrected chi connectivity index (χ3v) is 4.91. The summed E-state index contributed by atoms with van der Waals surface area (Å²) in [4.78, 5) is 26.8. The summed E-state index contributed by atoms with van der Waals surface area (Å²) in [6, 6.07) is 9.29. The summed E-state index contributed by atoms with van der Waals surface area (Å²) in [5.74, 6) is 0.111. The number of carbonyl (C=O) groups is 2. The quantitative estimate of drug-likeness (QED) is 0.744. The molecule has 0 radical (unpaired) electrons. The van der Waals surface area contributed by atoms with E-state index >= 15 is 0 Å². The molecule has 0 saturated carbocycles. The summed E-state index contributed by atoms with van der Waals surface area (Å²) in [6.45, 7) is 5.02. The highest BCUT2D eigenvalue weighted by Crippen LogP contribution is 2.18. The van der Waals surface area contributed by atoms with Gasteiger partial charge in [-0.2, -0.15) is 0 Å². The normalized spacial score (nSPS) is 16.4. The second-order valence-corrected chi connectivity index (χ2v) is 7.00. The van der Waals surface area contributed by atoms with E-state index in [0.29, 0.717) is 18.9 Å². The average molecular weight is 382 g/mol. The standard InChI is InChI=1S/C22H26N2O4/c1-16-6-3-9-20(17(16)2)23-21(25)15-24(14-19-8-5-13-28-19)22(26)11-10-18-7-4-12-27-18/h3-4,6-7,9-12,19H,5,8,13-15H2,1-2H3,(H,23,25)/b11-10+/t19-/m1/s1. The molecule has 0 aliphatic carbocycles. The number of hydrogen-bond acceptors (Lipinski definition) is 4. The van der Waals surface area contributed by atoms with Crippen molar-refractivity contribution in [2.24, 2.45) is 0 Å². The van der Waals surface area contributed by atoms with Crippen molar-refractivity contribution in [2.75, 3.05) is 25.0 Å². The lowest BCUT2D eigenvalue weighted by Crippen LogP contribution is -2.41. The molecule has 1 aromatic heterocycles. The van der Waals surface area contributed by atoms with Crippen LogP contribution in [0.15, 0.2) is 47.1 Å². The molecule has 148 valence electrons. The van der Waals surface area contributed by atoms with Crippen molar-refractivity contribution in [1.29, 1.82) is 0 Å². The number of carbonyl (C=O) groups excluding carboxylic acids is 2. The SMILES string of the molecule is Cc1cccc(NC(=O)CN(C[C@H]2CCCO2)C(=O)/C=C/c2ccco2)c1C. The number of aryl methyl sites for hydroxylation is 1. The predicted molar refractivity (Wildman–Crippen MR) is 108 cm³/mol. The Kier molecular flexibility index (Phi) is 6.66. The molecule has 6 nitrogen and oxygen atoms in total. The van der Waals surface area contributed by atoms with Crippen molar-refractivity contribution in [2.45, 2.75) is 32.8 Å². The van der Waals surface area contributed by atoms with Crippen LogP contribution in [0, 0.1) is 13.8 Å². The minimum Gasteiger partial charge on any atom is -0.465 e. The van der Waals surface area contributed by atoms with E-state index in [9.17, 15) is 9.59 Å². The molecule has 2 heterocycles. The summed E-state index contributed by atoms with van der Waals surface area (Å²) in [7, 11) is 0. The fourth-order valence-electron chi connectivity index (χ4n) is 3.16. The molecule has 6 heteroatoms. The molecule has 1 N–H and O–H groups in total. The van der Waals surface area contributed by atoms with E-state index in [2.05, 4.69) is 5.32 Å². The van der Waals surface area contributed by atoms with Gasteiger partial charge in [0.1, 0.15) is 12.3 Å². The van der Waals surface area contributed by atoms with Gasteiger partial charge in [0.25, 0.3) is 0 Å². The molecule has 2 amide bonds. The van der Waals surface area contributed by atoms with Crippen molar-refractivity contribution in [1.82, 2.24) is 4.90 Å². The summed E-state index contributed by atoms with van der Waals surface area (Å²) in [6.07, 6.45) is 6.42.